The number of nitrogens with one attached hydrogen (secondary N) is 1. The fraction of sp³-hybridized carbons (Fsp3) is 0.857. The molecular weight excluding hydrogens is 242 g/mol. The minimum atomic E-state index is 0.0230. The number of nitrogens with zero attached hydrogens (tertiary/aromatic N) is 2. The lowest BCUT2D eigenvalue weighted by Crippen LogP contribution is -2.51. The van der Waals surface area contributed by atoms with Gasteiger partial charge in [-0.1, -0.05) is 6.92 Å². The average molecular weight is 267 g/mol. The van der Waals surface area contributed by atoms with Gasteiger partial charge in [0.05, 0.1) is 0 Å². The van der Waals surface area contributed by atoms with Crippen LogP contribution in [0.5, 0.6) is 0 Å². The van der Waals surface area contributed by atoms with Gasteiger partial charge in [-0.15, -0.1) is 0 Å². The maximum absolute atomic E-state index is 12.4. The van der Waals surface area contributed by atoms with E-state index in [9.17, 15) is 9.59 Å². The molecule has 0 bridgehead atoms. The van der Waals surface area contributed by atoms with Crippen molar-refractivity contribution in [2.24, 2.45) is 5.92 Å². The molecule has 0 aromatic rings. The molecule has 1 N–H and O–H groups in total. The van der Waals surface area contributed by atoms with Crippen molar-refractivity contribution in [2.75, 3.05) is 26.2 Å². The third-order valence-corrected chi connectivity index (χ3v) is 4.23. The van der Waals surface area contributed by atoms with E-state index in [0.29, 0.717) is 0 Å². The van der Waals surface area contributed by atoms with Crippen molar-refractivity contribution in [1.29, 1.82) is 0 Å². The van der Waals surface area contributed by atoms with Gasteiger partial charge < -0.3 is 15.1 Å². The van der Waals surface area contributed by atoms with Gasteiger partial charge in [0.15, 0.2) is 0 Å². The van der Waals surface area contributed by atoms with Gasteiger partial charge in [0, 0.05) is 39.1 Å². The topological polar surface area (TPSA) is 52.7 Å². The third kappa shape index (κ3) is 3.85. The number of urea groups is 1. The molecule has 5 heteroatoms. The molecule has 2 rings (SSSR count). The van der Waals surface area contributed by atoms with Gasteiger partial charge in [-0.25, -0.2) is 4.79 Å². The lowest BCUT2D eigenvalue weighted by molar-refractivity contribution is -0.119. The largest absolute Gasteiger partial charge is 0.353 e. The highest BCUT2D eigenvalue weighted by molar-refractivity contribution is 5.75. The first-order valence-corrected chi connectivity index (χ1v) is 7.37. The molecule has 2 fully saturated rings. The molecule has 0 aromatic carbocycles. The Labute approximate surface area is 115 Å². The van der Waals surface area contributed by atoms with E-state index >= 15 is 0 Å². The molecule has 0 spiro atoms. The highest BCUT2D eigenvalue weighted by atomic mass is 16.2. The number of rotatable bonds is 1. The molecule has 0 atom stereocenters. The van der Waals surface area contributed by atoms with Gasteiger partial charge >= 0.3 is 6.03 Å². The Morgan fingerprint density at radius 1 is 0.947 bits per heavy atom. The van der Waals surface area contributed by atoms with Crippen LogP contribution in [0.1, 0.15) is 39.5 Å². The molecule has 0 aliphatic carbocycles. The highest BCUT2D eigenvalue weighted by Gasteiger charge is 2.28. The molecule has 2 aliphatic heterocycles. The van der Waals surface area contributed by atoms with Crippen molar-refractivity contribution in [3.63, 3.8) is 0 Å². The quantitative estimate of drug-likeness (QED) is 0.781. The van der Waals surface area contributed by atoms with Crippen LogP contribution in [0.4, 0.5) is 4.79 Å². The first kappa shape index (κ1) is 14.2. The van der Waals surface area contributed by atoms with Crippen molar-refractivity contribution in [1.82, 2.24) is 15.1 Å². The van der Waals surface area contributed by atoms with E-state index in [1.807, 2.05) is 9.80 Å². The monoisotopic (exact) mass is 267 g/mol. The Hall–Kier alpha value is -1.26. The minimum Gasteiger partial charge on any atom is -0.353 e. The Bertz CT molecular complexity index is 330. The Balaban J connectivity index is 1.77. The predicted octanol–water partition coefficient (Wildman–Crippen LogP) is 1.44. The van der Waals surface area contributed by atoms with Gasteiger partial charge in [0.1, 0.15) is 0 Å². The first-order chi connectivity index (χ1) is 9.06. The number of carbonyl (C=O) groups is 2. The van der Waals surface area contributed by atoms with Crippen LogP contribution < -0.4 is 5.32 Å². The molecule has 0 radical (unpaired) electrons. The smallest absolute Gasteiger partial charge is 0.320 e. The van der Waals surface area contributed by atoms with Crippen molar-refractivity contribution >= 4 is 11.9 Å². The number of hydrogen-bond acceptors (Lipinski definition) is 2. The zero-order chi connectivity index (χ0) is 13.8. The van der Waals surface area contributed by atoms with Gasteiger partial charge in [-0.05, 0) is 31.6 Å². The summed E-state index contributed by atoms with van der Waals surface area (Å²) < 4.78 is 0. The van der Waals surface area contributed by atoms with E-state index in [4.69, 9.17) is 0 Å². The van der Waals surface area contributed by atoms with Crippen molar-refractivity contribution in [2.45, 2.75) is 45.6 Å². The maximum atomic E-state index is 12.4. The van der Waals surface area contributed by atoms with Crippen LogP contribution in [0.25, 0.3) is 0 Å². The fourth-order valence-electron chi connectivity index (χ4n) is 2.90. The van der Waals surface area contributed by atoms with Crippen molar-refractivity contribution < 1.29 is 9.59 Å². The van der Waals surface area contributed by atoms with Gasteiger partial charge in [-0.3, -0.25) is 4.79 Å². The van der Waals surface area contributed by atoms with E-state index in [2.05, 4.69) is 12.2 Å². The van der Waals surface area contributed by atoms with Crippen LogP contribution in [0.3, 0.4) is 0 Å². The summed E-state index contributed by atoms with van der Waals surface area (Å²) in [5, 5.41) is 2.94. The summed E-state index contributed by atoms with van der Waals surface area (Å²) in [6.45, 7) is 7.11. The van der Waals surface area contributed by atoms with E-state index in [1.54, 1.807) is 6.92 Å². The summed E-state index contributed by atoms with van der Waals surface area (Å²) in [7, 11) is 0. The molecule has 2 heterocycles. The lowest BCUT2D eigenvalue weighted by Gasteiger charge is -2.38. The van der Waals surface area contributed by atoms with E-state index in [0.717, 1.165) is 57.8 Å². The molecule has 19 heavy (non-hydrogen) atoms. The van der Waals surface area contributed by atoms with Crippen molar-refractivity contribution in [3.05, 3.63) is 0 Å². The molecule has 108 valence electrons. The summed E-state index contributed by atoms with van der Waals surface area (Å²) in [5.74, 6) is 0.768. The van der Waals surface area contributed by atoms with Gasteiger partial charge in [0.25, 0.3) is 0 Å². The van der Waals surface area contributed by atoms with Crippen LogP contribution in [0.15, 0.2) is 0 Å². The molecule has 0 saturated carbocycles. The normalized spacial score (nSPS) is 22.4. The van der Waals surface area contributed by atoms with E-state index in [1.165, 1.54) is 0 Å². The SMILES string of the molecule is CC(=O)NC1CCN(C(=O)N2CCC(C)CC2)CC1. The second-order valence-corrected chi connectivity index (χ2v) is 5.91. The van der Waals surface area contributed by atoms with Crippen LogP contribution in [-0.4, -0.2) is 54.0 Å². The molecule has 0 unspecified atom stereocenters. The average Bonchev–Trinajstić information content (AvgIpc) is 2.39. The Morgan fingerprint density at radius 2 is 1.42 bits per heavy atom. The number of likely N-dealkylation sites (tertiary alicyclic amines) is 2. The number of carbonyl (C=O) groups excluding carboxylic acids is 2. The Morgan fingerprint density at radius 3 is 1.89 bits per heavy atom. The summed E-state index contributed by atoms with van der Waals surface area (Å²) in [6.07, 6.45) is 3.98. The number of piperidine rings is 2. The summed E-state index contributed by atoms with van der Waals surface area (Å²) in [5.41, 5.74) is 0. The van der Waals surface area contributed by atoms with E-state index < -0.39 is 0 Å². The van der Waals surface area contributed by atoms with Crippen LogP contribution in [-0.2, 0) is 4.79 Å². The standard InChI is InChI=1S/C14H25N3O2/c1-11-3-7-16(8-4-11)14(19)17-9-5-13(6-10-17)15-12(2)18/h11,13H,3-10H2,1-2H3,(H,15,18). The maximum Gasteiger partial charge on any atom is 0.320 e. The second-order valence-electron chi connectivity index (χ2n) is 5.91. The molecular formula is C14H25N3O2. The van der Waals surface area contributed by atoms with E-state index in [-0.39, 0.29) is 18.0 Å². The molecule has 5 nitrogen and oxygen atoms in total. The fourth-order valence-corrected chi connectivity index (χ4v) is 2.90. The van der Waals surface area contributed by atoms with Gasteiger partial charge in [-0.2, -0.15) is 0 Å². The number of hydrogen-bond donors (Lipinski definition) is 1. The molecule has 0 aromatic heterocycles. The van der Waals surface area contributed by atoms with Crippen LogP contribution in [0, 0.1) is 5.92 Å². The second kappa shape index (κ2) is 6.26. The minimum absolute atomic E-state index is 0.0230. The Kier molecular flexibility index (Phi) is 4.66. The molecule has 3 amide bonds. The zero-order valence-corrected chi connectivity index (χ0v) is 12.0. The van der Waals surface area contributed by atoms with Crippen LogP contribution in [0.2, 0.25) is 0 Å². The molecule has 2 aliphatic rings. The van der Waals surface area contributed by atoms with Crippen LogP contribution >= 0.6 is 0 Å². The zero-order valence-electron chi connectivity index (χ0n) is 12.0. The summed E-state index contributed by atoms with van der Waals surface area (Å²) in [4.78, 5) is 27.3. The lowest BCUT2D eigenvalue weighted by atomic mass is 9.99. The van der Waals surface area contributed by atoms with Gasteiger partial charge in [0.2, 0.25) is 5.91 Å². The highest BCUT2D eigenvalue weighted by Crippen LogP contribution is 2.19. The third-order valence-electron chi connectivity index (χ3n) is 4.23. The first-order valence-electron chi connectivity index (χ1n) is 7.37. The van der Waals surface area contributed by atoms with Crippen molar-refractivity contribution in [3.8, 4) is 0 Å². The predicted molar refractivity (Wildman–Crippen MR) is 73.8 cm³/mol. The summed E-state index contributed by atoms with van der Waals surface area (Å²) in [6, 6.07) is 0.427. The summed E-state index contributed by atoms with van der Waals surface area (Å²) >= 11 is 0. The molecule has 2 saturated heterocycles. The number of amides is 3.